The molecule has 1 heterocycles. The van der Waals surface area contributed by atoms with Gasteiger partial charge in [-0.1, -0.05) is 12.1 Å². The van der Waals surface area contributed by atoms with Crippen LogP contribution in [0.3, 0.4) is 0 Å². The molecule has 112 valence electrons. The summed E-state index contributed by atoms with van der Waals surface area (Å²) in [5.41, 5.74) is 2.30. The van der Waals surface area contributed by atoms with E-state index in [1.54, 1.807) is 6.07 Å². The Balaban J connectivity index is 2.16. The van der Waals surface area contributed by atoms with E-state index in [-0.39, 0.29) is 5.97 Å². The Hall–Kier alpha value is -2.50. The summed E-state index contributed by atoms with van der Waals surface area (Å²) in [6, 6.07) is 7.28. The Morgan fingerprint density at radius 2 is 2.10 bits per heavy atom. The zero-order chi connectivity index (χ0) is 15.4. The van der Waals surface area contributed by atoms with Gasteiger partial charge in [0.2, 0.25) is 5.95 Å². The van der Waals surface area contributed by atoms with Crippen molar-refractivity contribution in [2.45, 2.75) is 6.54 Å². The lowest BCUT2D eigenvalue weighted by molar-refractivity contribution is 0.0602. The molecular formula is C15H20N4O2. The maximum Gasteiger partial charge on any atom is 0.339 e. The van der Waals surface area contributed by atoms with E-state index in [9.17, 15) is 4.79 Å². The predicted octanol–water partition coefficient (Wildman–Crippen LogP) is 1.88. The molecule has 0 atom stereocenters. The predicted molar refractivity (Wildman–Crippen MR) is 82.6 cm³/mol. The van der Waals surface area contributed by atoms with Crippen molar-refractivity contribution < 1.29 is 9.53 Å². The van der Waals surface area contributed by atoms with Crippen LogP contribution in [0, 0.1) is 0 Å². The van der Waals surface area contributed by atoms with Gasteiger partial charge in [0.25, 0.3) is 0 Å². The number of nitrogens with zero attached hydrogens (tertiary/aromatic N) is 3. The number of ether oxygens (including phenoxy) is 1. The average Bonchev–Trinajstić information content (AvgIpc) is 2.86. The molecule has 1 N–H and O–H groups in total. The molecule has 0 aliphatic rings. The Labute approximate surface area is 124 Å². The van der Waals surface area contributed by atoms with Crippen LogP contribution in [0.1, 0.15) is 16.1 Å². The summed E-state index contributed by atoms with van der Waals surface area (Å²) in [5.74, 6) is 0.533. The fourth-order valence-electron chi connectivity index (χ4n) is 2.12. The first-order valence-corrected chi connectivity index (χ1v) is 6.63. The summed E-state index contributed by atoms with van der Waals surface area (Å²) in [6.45, 7) is 0.575. The van der Waals surface area contributed by atoms with Gasteiger partial charge in [0, 0.05) is 26.8 Å². The second-order valence-corrected chi connectivity index (χ2v) is 4.89. The molecule has 2 rings (SSSR count). The summed E-state index contributed by atoms with van der Waals surface area (Å²) in [5, 5.41) is 3.26. The second kappa shape index (κ2) is 6.30. The third-order valence-corrected chi connectivity index (χ3v) is 3.25. The van der Waals surface area contributed by atoms with Gasteiger partial charge in [-0.05, 0) is 12.1 Å². The minimum Gasteiger partial charge on any atom is -0.465 e. The summed E-state index contributed by atoms with van der Waals surface area (Å²) >= 11 is 0. The van der Waals surface area contributed by atoms with Crippen molar-refractivity contribution in [3.8, 4) is 0 Å². The third kappa shape index (κ3) is 3.16. The van der Waals surface area contributed by atoms with Gasteiger partial charge in [0.15, 0.2) is 0 Å². The molecule has 0 saturated heterocycles. The van der Waals surface area contributed by atoms with Gasteiger partial charge in [-0.15, -0.1) is 0 Å². The quantitative estimate of drug-likeness (QED) is 0.851. The van der Waals surface area contributed by atoms with Crippen LogP contribution in [0.5, 0.6) is 0 Å². The number of esters is 1. The summed E-state index contributed by atoms with van der Waals surface area (Å²) in [6.07, 6.45) is 1.82. The average molecular weight is 288 g/mol. The van der Waals surface area contributed by atoms with Crippen molar-refractivity contribution in [2.75, 3.05) is 31.4 Å². The highest BCUT2D eigenvalue weighted by atomic mass is 16.5. The first-order chi connectivity index (χ1) is 10.0. The van der Waals surface area contributed by atoms with Crippen LogP contribution in [0.4, 0.5) is 11.6 Å². The standard InChI is InChI=1S/C15H20N4O2/c1-18(2)15-17-10-11(19(15)3)9-16-13-8-6-5-7-12(13)14(20)21-4/h5-8,10,16H,9H2,1-4H3. The number of nitrogens with one attached hydrogen (secondary N) is 1. The van der Waals surface area contributed by atoms with E-state index in [1.165, 1.54) is 7.11 Å². The summed E-state index contributed by atoms with van der Waals surface area (Å²) in [7, 11) is 7.24. The molecule has 0 amide bonds. The van der Waals surface area contributed by atoms with Crippen LogP contribution >= 0.6 is 0 Å². The number of hydrogen-bond acceptors (Lipinski definition) is 5. The van der Waals surface area contributed by atoms with Gasteiger partial charge in [0.1, 0.15) is 0 Å². The van der Waals surface area contributed by atoms with E-state index >= 15 is 0 Å². The summed E-state index contributed by atoms with van der Waals surface area (Å²) < 4.78 is 6.79. The zero-order valence-electron chi connectivity index (χ0n) is 12.8. The van der Waals surface area contributed by atoms with Crippen molar-refractivity contribution in [1.29, 1.82) is 0 Å². The molecule has 0 aliphatic heterocycles. The molecule has 0 radical (unpaired) electrons. The van der Waals surface area contributed by atoms with Crippen LogP contribution in [0.25, 0.3) is 0 Å². The Morgan fingerprint density at radius 1 is 1.38 bits per heavy atom. The van der Waals surface area contributed by atoms with Gasteiger partial charge >= 0.3 is 5.97 Å². The van der Waals surface area contributed by atoms with Gasteiger partial charge in [0.05, 0.1) is 31.1 Å². The maximum atomic E-state index is 11.7. The fourth-order valence-corrected chi connectivity index (χ4v) is 2.12. The maximum absolute atomic E-state index is 11.7. The van der Waals surface area contributed by atoms with Crippen molar-refractivity contribution in [3.63, 3.8) is 0 Å². The molecule has 6 nitrogen and oxygen atoms in total. The normalized spacial score (nSPS) is 10.3. The highest BCUT2D eigenvalue weighted by molar-refractivity contribution is 5.95. The fraction of sp³-hybridized carbons (Fsp3) is 0.333. The summed E-state index contributed by atoms with van der Waals surface area (Å²) in [4.78, 5) is 18.0. The minimum absolute atomic E-state index is 0.350. The number of benzene rings is 1. The van der Waals surface area contributed by atoms with Gasteiger partial charge in [-0.3, -0.25) is 0 Å². The third-order valence-electron chi connectivity index (χ3n) is 3.25. The van der Waals surface area contributed by atoms with E-state index < -0.39 is 0 Å². The number of carbonyl (C=O) groups is 1. The Bertz CT molecular complexity index is 634. The number of aromatic nitrogens is 2. The number of rotatable bonds is 5. The molecule has 0 bridgehead atoms. The van der Waals surface area contributed by atoms with E-state index in [0.717, 1.165) is 17.3 Å². The highest BCUT2D eigenvalue weighted by Gasteiger charge is 2.12. The number of para-hydroxylation sites is 1. The molecule has 0 saturated carbocycles. The molecule has 6 heteroatoms. The van der Waals surface area contributed by atoms with Crippen LogP contribution < -0.4 is 10.2 Å². The lowest BCUT2D eigenvalue weighted by Crippen LogP contribution is -2.15. The molecule has 2 aromatic rings. The topological polar surface area (TPSA) is 59.4 Å². The van der Waals surface area contributed by atoms with Gasteiger partial charge < -0.3 is 19.5 Å². The smallest absolute Gasteiger partial charge is 0.339 e. The highest BCUT2D eigenvalue weighted by Crippen LogP contribution is 2.18. The molecule has 0 fully saturated rings. The monoisotopic (exact) mass is 288 g/mol. The van der Waals surface area contributed by atoms with Crippen LogP contribution in [-0.2, 0) is 18.3 Å². The molecule has 0 aliphatic carbocycles. The minimum atomic E-state index is -0.350. The van der Waals surface area contributed by atoms with Crippen LogP contribution in [0.2, 0.25) is 0 Å². The number of methoxy groups -OCH3 is 1. The van der Waals surface area contributed by atoms with E-state index in [4.69, 9.17) is 4.74 Å². The lowest BCUT2D eigenvalue weighted by atomic mass is 10.2. The molecule has 1 aromatic heterocycles. The van der Waals surface area contributed by atoms with Gasteiger partial charge in [-0.2, -0.15) is 0 Å². The van der Waals surface area contributed by atoms with Crippen molar-refractivity contribution >= 4 is 17.6 Å². The Kier molecular flexibility index (Phi) is 4.47. The number of imidazole rings is 1. The van der Waals surface area contributed by atoms with Crippen LogP contribution in [0.15, 0.2) is 30.5 Å². The van der Waals surface area contributed by atoms with Crippen molar-refractivity contribution in [3.05, 3.63) is 41.7 Å². The van der Waals surface area contributed by atoms with Crippen molar-refractivity contribution in [2.24, 2.45) is 7.05 Å². The lowest BCUT2D eigenvalue weighted by Gasteiger charge is -2.14. The molecule has 21 heavy (non-hydrogen) atoms. The number of hydrogen-bond donors (Lipinski definition) is 1. The SMILES string of the molecule is COC(=O)c1ccccc1NCc1cnc(N(C)C)n1C. The van der Waals surface area contributed by atoms with E-state index in [2.05, 4.69) is 10.3 Å². The first-order valence-electron chi connectivity index (χ1n) is 6.63. The van der Waals surface area contributed by atoms with Crippen LogP contribution in [-0.4, -0.2) is 36.7 Å². The van der Waals surface area contributed by atoms with Gasteiger partial charge in [-0.25, -0.2) is 9.78 Å². The number of anilines is 2. The first kappa shape index (κ1) is 14.9. The molecule has 0 unspecified atom stereocenters. The largest absolute Gasteiger partial charge is 0.465 e. The van der Waals surface area contributed by atoms with Crippen molar-refractivity contribution in [1.82, 2.24) is 9.55 Å². The zero-order valence-corrected chi connectivity index (χ0v) is 12.8. The number of carbonyl (C=O) groups excluding carboxylic acids is 1. The molecular weight excluding hydrogens is 268 g/mol. The molecule has 0 spiro atoms. The molecule has 1 aromatic carbocycles. The Morgan fingerprint density at radius 3 is 2.71 bits per heavy atom. The van der Waals surface area contributed by atoms with E-state index in [0.29, 0.717) is 12.1 Å². The van der Waals surface area contributed by atoms with E-state index in [1.807, 2.05) is 55.0 Å². The second-order valence-electron chi connectivity index (χ2n) is 4.89.